The molecule has 1 N–H and O–H groups in total. The van der Waals surface area contributed by atoms with Crippen LogP contribution in [-0.4, -0.2) is 67.2 Å². The Labute approximate surface area is 164 Å². The van der Waals surface area contributed by atoms with E-state index < -0.39 is 0 Å². The fraction of sp³-hybridized carbons (Fsp3) is 0.682. The smallest absolute Gasteiger partial charge is 0.328 e. The maximum Gasteiger partial charge on any atom is 0.328 e. The summed E-state index contributed by atoms with van der Waals surface area (Å²) >= 11 is 0. The molecule has 3 atom stereocenters. The highest BCUT2D eigenvalue weighted by atomic mass is 16.5. The van der Waals surface area contributed by atoms with Crippen molar-refractivity contribution in [2.45, 2.75) is 63.8 Å². The second kappa shape index (κ2) is 9.67. The maximum absolute atomic E-state index is 13.0. The molecule has 27 heavy (non-hydrogen) atoms. The molecule has 5 nitrogen and oxygen atoms in total. The van der Waals surface area contributed by atoms with Crippen LogP contribution in [0.1, 0.15) is 51.1 Å². The van der Waals surface area contributed by atoms with Gasteiger partial charge in [-0.25, -0.2) is 4.79 Å². The molecule has 2 fully saturated rings. The first-order chi connectivity index (χ1) is 13.1. The second-order valence-corrected chi connectivity index (χ2v) is 7.91. The Kier molecular flexibility index (Phi) is 7.27. The van der Waals surface area contributed by atoms with Crippen LogP contribution in [0, 0.1) is 0 Å². The second-order valence-electron chi connectivity index (χ2n) is 7.91. The van der Waals surface area contributed by atoms with E-state index in [4.69, 9.17) is 4.74 Å². The number of hydrogen-bond acceptors (Lipinski definition) is 5. The summed E-state index contributed by atoms with van der Waals surface area (Å²) in [5.41, 5.74) is 0.984. The van der Waals surface area contributed by atoms with Crippen molar-refractivity contribution in [1.29, 1.82) is 0 Å². The van der Waals surface area contributed by atoms with Crippen molar-refractivity contribution in [2.75, 3.05) is 33.2 Å². The molecule has 2 saturated heterocycles. The van der Waals surface area contributed by atoms with Gasteiger partial charge in [0.2, 0.25) is 0 Å². The van der Waals surface area contributed by atoms with Crippen LogP contribution in [0.2, 0.25) is 0 Å². The largest absolute Gasteiger partial charge is 0.461 e. The van der Waals surface area contributed by atoms with Gasteiger partial charge >= 0.3 is 5.97 Å². The minimum atomic E-state index is -0.390. The zero-order valence-corrected chi connectivity index (χ0v) is 17.1. The van der Waals surface area contributed by atoms with Gasteiger partial charge in [0.25, 0.3) is 0 Å². The predicted molar refractivity (Wildman–Crippen MR) is 109 cm³/mol. The van der Waals surface area contributed by atoms with E-state index in [0.29, 0.717) is 12.1 Å². The lowest BCUT2D eigenvalue weighted by atomic mass is 10.00. The summed E-state index contributed by atoms with van der Waals surface area (Å²) in [6, 6.07) is 10.7. The topological polar surface area (TPSA) is 44.8 Å². The molecule has 2 aliphatic rings. The van der Waals surface area contributed by atoms with E-state index in [1.807, 2.05) is 30.3 Å². The highest BCUT2D eigenvalue weighted by Crippen LogP contribution is 2.35. The van der Waals surface area contributed by atoms with Gasteiger partial charge < -0.3 is 14.5 Å². The standard InChI is InChI=1S/C22H35N3O2/c1-4-25(5-2)14-13-23-21(17-9-7-6-8-10-17)22(26)27-20-15-18-11-12-19(16-20)24(18)3/h6-10,18-21,23H,4-5,11-16H2,1-3H3. The Morgan fingerprint density at radius 3 is 2.41 bits per heavy atom. The number of benzene rings is 1. The van der Waals surface area contributed by atoms with E-state index in [9.17, 15) is 4.79 Å². The molecule has 0 saturated carbocycles. The fourth-order valence-corrected chi connectivity index (χ4v) is 4.58. The summed E-state index contributed by atoms with van der Waals surface area (Å²) < 4.78 is 6.01. The highest BCUT2D eigenvalue weighted by Gasteiger charge is 2.40. The Hall–Kier alpha value is -1.43. The molecule has 1 aromatic carbocycles. The van der Waals surface area contributed by atoms with Gasteiger partial charge in [-0.05, 0) is 51.4 Å². The van der Waals surface area contributed by atoms with Crippen LogP contribution < -0.4 is 5.32 Å². The minimum Gasteiger partial charge on any atom is -0.461 e. The van der Waals surface area contributed by atoms with E-state index in [1.54, 1.807) is 0 Å². The number of piperidine rings is 1. The van der Waals surface area contributed by atoms with Crippen molar-refractivity contribution in [1.82, 2.24) is 15.1 Å². The number of carbonyl (C=O) groups excluding carboxylic acids is 1. The minimum absolute atomic E-state index is 0.0574. The van der Waals surface area contributed by atoms with Crippen molar-refractivity contribution in [2.24, 2.45) is 0 Å². The third-order valence-corrected chi connectivity index (χ3v) is 6.38. The molecule has 0 aliphatic carbocycles. The van der Waals surface area contributed by atoms with Crippen molar-refractivity contribution in [3.63, 3.8) is 0 Å². The molecule has 150 valence electrons. The van der Waals surface area contributed by atoms with Gasteiger partial charge in [-0.2, -0.15) is 0 Å². The molecule has 0 radical (unpaired) electrons. The van der Waals surface area contributed by atoms with Crippen molar-refractivity contribution in [3.8, 4) is 0 Å². The molecular formula is C22H35N3O2. The van der Waals surface area contributed by atoms with E-state index in [-0.39, 0.29) is 18.1 Å². The summed E-state index contributed by atoms with van der Waals surface area (Å²) in [4.78, 5) is 17.9. The van der Waals surface area contributed by atoms with E-state index >= 15 is 0 Å². The third-order valence-electron chi connectivity index (χ3n) is 6.38. The van der Waals surface area contributed by atoms with Crippen LogP contribution in [0.15, 0.2) is 30.3 Å². The van der Waals surface area contributed by atoms with Crippen molar-refractivity contribution < 1.29 is 9.53 Å². The summed E-state index contributed by atoms with van der Waals surface area (Å²) in [5.74, 6) is -0.130. The van der Waals surface area contributed by atoms with Gasteiger partial charge in [-0.1, -0.05) is 44.2 Å². The van der Waals surface area contributed by atoms with E-state index in [2.05, 4.69) is 36.0 Å². The van der Waals surface area contributed by atoms with Crippen LogP contribution in [0.5, 0.6) is 0 Å². The summed E-state index contributed by atoms with van der Waals surface area (Å²) in [6.07, 6.45) is 4.47. The number of likely N-dealkylation sites (N-methyl/N-ethyl adjacent to an activating group) is 1. The van der Waals surface area contributed by atoms with Crippen molar-refractivity contribution in [3.05, 3.63) is 35.9 Å². The lowest BCUT2D eigenvalue weighted by Gasteiger charge is -2.36. The number of fused-ring (bicyclic) bond motifs is 2. The van der Waals surface area contributed by atoms with Gasteiger partial charge in [-0.3, -0.25) is 5.32 Å². The number of nitrogens with zero attached hydrogens (tertiary/aromatic N) is 2. The molecule has 1 aromatic rings. The first-order valence-corrected chi connectivity index (χ1v) is 10.6. The van der Waals surface area contributed by atoms with Crippen LogP contribution >= 0.6 is 0 Å². The number of rotatable bonds is 9. The Morgan fingerprint density at radius 2 is 1.81 bits per heavy atom. The van der Waals surface area contributed by atoms with Gasteiger partial charge in [0.15, 0.2) is 0 Å². The number of ether oxygens (including phenoxy) is 1. The summed E-state index contributed by atoms with van der Waals surface area (Å²) in [5, 5.41) is 3.44. The maximum atomic E-state index is 13.0. The van der Waals surface area contributed by atoms with Crippen molar-refractivity contribution >= 4 is 5.97 Å². The Morgan fingerprint density at radius 1 is 1.19 bits per heavy atom. The highest BCUT2D eigenvalue weighted by molar-refractivity contribution is 5.77. The molecule has 2 aliphatic heterocycles. The molecule has 2 bridgehead atoms. The molecule has 3 unspecified atom stereocenters. The molecule has 2 heterocycles. The Bertz CT molecular complexity index is 576. The lowest BCUT2D eigenvalue weighted by Crippen LogP contribution is -2.44. The van der Waals surface area contributed by atoms with E-state index in [1.165, 1.54) is 12.8 Å². The zero-order chi connectivity index (χ0) is 19.2. The first-order valence-electron chi connectivity index (χ1n) is 10.6. The van der Waals surface area contributed by atoms with E-state index in [0.717, 1.165) is 44.6 Å². The third kappa shape index (κ3) is 5.09. The van der Waals surface area contributed by atoms with Crippen LogP contribution in [-0.2, 0) is 9.53 Å². The molecular weight excluding hydrogens is 338 g/mol. The molecule has 0 spiro atoms. The summed E-state index contributed by atoms with van der Waals surface area (Å²) in [7, 11) is 2.21. The normalized spacial score (nSPS) is 26.3. The average molecular weight is 374 g/mol. The quantitative estimate of drug-likeness (QED) is 0.675. The number of hydrogen-bond donors (Lipinski definition) is 1. The van der Waals surface area contributed by atoms with Gasteiger partial charge in [0.1, 0.15) is 12.1 Å². The molecule has 0 amide bonds. The lowest BCUT2D eigenvalue weighted by molar-refractivity contribution is -0.155. The Balaban J connectivity index is 1.61. The van der Waals surface area contributed by atoms with Gasteiger partial charge in [0.05, 0.1) is 0 Å². The SMILES string of the molecule is CCN(CC)CCNC(C(=O)OC1CC2CCC(C1)N2C)c1ccccc1. The monoisotopic (exact) mass is 373 g/mol. The average Bonchev–Trinajstić information content (AvgIpc) is 2.90. The fourth-order valence-electron chi connectivity index (χ4n) is 4.58. The van der Waals surface area contributed by atoms with Crippen LogP contribution in [0.25, 0.3) is 0 Å². The molecule has 3 rings (SSSR count). The van der Waals surface area contributed by atoms with Gasteiger partial charge in [-0.15, -0.1) is 0 Å². The van der Waals surface area contributed by atoms with Gasteiger partial charge in [0, 0.05) is 25.2 Å². The number of esters is 1. The number of carbonyl (C=O) groups is 1. The first kappa shape index (κ1) is 20.3. The summed E-state index contributed by atoms with van der Waals surface area (Å²) in [6.45, 7) is 8.09. The van der Waals surface area contributed by atoms with Crippen LogP contribution in [0.3, 0.4) is 0 Å². The van der Waals surface area contributed by atoms with Crippen LogP contribution in [0.4, 0.5) is 0 Å². The zero-order valence-electron chi connectivity index (χ0n) is 17.1. The molecule has 5 heteroatoms. The predicted octanol–water partition coefficient (Wildman–Crippen LogP) is 2.83. The number of nitrogens with one attached hydrogen (secondary N) is 1. The molecule has 0 aromatic heterocycles.